The number of carbonyl (C=O) groups is 1. The predicted octanol–water partition coefficient (Wildman–Crippen LogP) is 1.14. The first-order chi connectivity index (χ1) is 12.0. The third-order valence-electron chi connectivity index (χ3n) is 5.42. The summed E-state index contributed by atoms with van der Waals surface area (Å²) in [5, 5.41) is 6.26. The van der Waals surface area contributed by atoms with E-state index in [1.54, 1.807) is 7.05 Å². The molecule has 0 radical (unpaired) electrons. The van der Waals surface area contributed by atoms with Crippen molar-refractivity contribution >= 4 is 35.8 Å². The van der Waals surface area contributed by atoms with E-state index >= 15 is 0 Å². The molecule has 2 saturated heterocycles. The maximum absolute atomic E-state index is 11.5. The summed E-state index contributed by atoms with van der Waals surface area (Å²) in [5.41, 5.74) is 0. The number of halogens is 1. The van der Waals surface area contributed by atoms with Crippen molar-refractivity contribution in [3.05, 3.63) is 0 Å². The van der Waals surface area contributed by atoms with E-state index in [4.69, 9.17) is 4.74 Å². The Morgan fingerprint density at radius 2 is 2.00 bits per heavy atom. The lowest BCUT2D eigenvalue weighted by molar-refractivity contribution is -0.121. The fourth-order valence-corrected chi connectivity index (χ4v) is 3.80. The molecule has 2 fully saturated rings. The second-order valence-electron chi connectivity index (χ2n) is 7.25. The van der Waals surface area contributed by atoms with E-state index in [9.17, 15) is 4.79 Å². The van der Waals surface area contributed by atoms with Crippen LogP contribution in [0.3, 0.4) is 0 Å². The normalized spacial score (nSPS) is 23.9. The largest absolute Gasteiger partial charge is 0.379 e. The maximum atomic E-state index is 11.5. The number of nitrogens with zero attached hydrogens (tertiary/aromatic N) is 3. The van der Waals surface area contributed by atoms with Gasteiger partial charge in [-0.1, -0.05) is 0 Å². The monoisotopic (exact) mass is 481 g/mol. The van der Waals surface area contributed by atoms with Crippen LogP contribution in [0.4, 0.5) is 0 Å². The molecule has 7 nitrogen and oxygen atoms in total. The Morgan fingerprint density at radius 1 is 1.31 bits per heavy atom. The summed E-state index contributed by atoms with van der Waals surface area (Å²) >= 11 is 0. The number of morpholine rings is 1. The first-order valence-corrected chi connectivity index (χ1v) is 9.54. The smallest absolute Gasteiger partial charge is 0.220 e. The number of guanidine groups is 1. The van der Waals surface area contributed by atoms with Gasteiger partial charge in [-0.3, -0.25) is 14.7 Å². The molecule has 0 aliphatic carbocycles. The predicted molar refractivity (Wildman–Crippen MR) is 116 cm³/mol. The van der Waals surface area contributed by atoms with Crippen LogP contribution in [0, 0.1) is 5.92 Å². The molecule has 2 N–H and O–H groups in total. The number of amides is 1. The molecule has 2 atom stereocenters. The minimum atomic E-state index is 0. The first kappa shape index (κ1) is 23.4. The van der Waals surface area contributed by atoms with Gasteiger partial charge in [0.25, 0.3) is 0 Å². The zero-order valence-corrected chi connectivity index (χ0v) is 19.0. The standard InChI is InChI=1S/C18H35N5O2.HI/c1-14(23-9-10-25-13-15(23)2)12-21-18(20-4)22-7-5-16(6-8-22)11-17(24)19-3;/h14-16H,5-13H2,1-4H3,(H,19,24)(H,20,21);1H. The summed E-state index contributed by atoms with van der Waals surface area (Å²) in [7, 11) is 3.56. The fraction of sp³-hybridized carbons (Fsp3) is 0.889. The summed E-state index contributed by atoms with van der Waals surface area (Å²) in [5.74, 6) is 1.61. The molecule has 8 heteroatoms. The van der Waals surface area contributed by atoms with Crippen LogP contribution in [-0.4, -0.2) is 87.2 Å². The SMILES string of the molecule is CN=C(NCC(C)N1CCOCC1C)N1CCC(CC(=O)NC)CC1.I. The molecule has 0 aromatic heterocycles. The zero-order valence-electron chi connectivity index (χ0n) is 16.7. The molecule has 152 valence electrons. The lowest BCUT2D eigenvalue weighted by Crippen LogP contribution is -2.54. The number of hydrogen-bond donors (Lipinski definition) is 2. The Kier molecular flexibility index (Phi) is 10.8. The van der Waals surface area contributed by atoms with Crippen molar-refractivity contribution in [3.63, 3.8) is 0 Å². The van der Waals surface area contributed by atoms with E-state index in [1.807, 2.05) is 7.05 Å². The minimum absolute atomic E-state index is 0. The molecule has 0 spiro atoms. The average molecular weight is 481 g/mol. The highest BCUT2D eigenvalue weighted by atomic mass is 127. The number of nitrogens with one attached hydrogen (secondary N) is 2. The molecular formula is C18H36IN5O2. The van der Waals surface area contributed by atoms with Gasteiger partial charge >= 0.3 is 0 Å². The van der Waals surface area contributed by atoms with Crippen LogP contribution in [0.15, 0.2) is 4.99 Å². The summed E-state index contributed by atoms with van der Waals surface area (Å²) in [4.78, 5) is 20.8. The van der Waals surface area contributed by atoms with Gasteiger partial charge in [0.2, 0.25) is 5.91 Å². The molecular weight excluding hydrogens is 445 g/mol. The Bertz CT molecular complexity index is 455. The van der Waals surface area contributed by atoms with Gasteiger partial charge in [0.15, 0.2) is 5.96 Å². The van der Waals surface area contributed by atoms with Crippen molar-refractivity contribution in [2.75, 3.05) is 53.5 Å². The summed E-state index contributed by atoms with van der Waals surface area (Å²) < 4.78 is 5.53. The van der Waals surface area contributed by atoms with Crippen LogP contribution in [0.1, 0.15) is 33.1 Å². The average Bonchev–Trinajstić information content (AvgIpc) is 2.63. The molecule has 26 heavy (non-hydrogen) atoms. The molecule has 0 saturated carbocycles. The van der Waals surface area contributed by atoms with Crippen LogP contribution in [0.25, 0.3) is 0 Å². The van der Waals surface area contributed by atoms with Crippen molar-refractivity contribution in [2.45, 2.75) is 45.2 Å². The topological polar surface area (TPSA) is 69.2 Å². The highest BCUT2D eigenvalue weighted by Crippen LogP contribution is 2.20. The summed E-state index contributed by atoms with van der Waals surface area (Å²) in [6, 6.07) is 0.912. The van der Waals surface area contributed by atoms with Crippen LogP contribution >= 0.6 is 24.0 Å². The molecule has 0 aromatic carbocycles. The molecule has 0 bridgehead atoms. The van der Waals surface area contributed by atoms with Gasteiger partial charge in [-0.05, 0) is 32.6 Å². The Labute approximate surface area is 175 Å². The fourth-order valence-electron chi connectivity index (χ4n) is 3.80. The van der Waals surface area contributed by atoms with Gasteiger partial charge in [-0.25, -0.2) is 0 Å². The molecule has 2 aliphatic heterocycles. The van der Waals surface area contributed by atoms with Crippen LogP contribution in [-0.2, 0) is 9.53 Å². The molecule has 2 heterocycles. The van der Waals surface area contributed by atoms with Crippen molar-refractivity contribution in [3.8, 4) is 0 Å². The van der Waals surface area contributed by atoms with Crippen molar-refractivity contribution in [1.29, 1.82) is 0 Å². The highest BCUT2D eigenvalue weighted by molar-refractivity contribution is 14.0. The highest BCUT2D eigenvalue weighted by Gasteiger charge is 2.26. The maximum Gasteiger partial charge on any atom is 0.220 e. The lowest BCUT2D eigenvalue weighted by atomic mass is 9.93. The third kappa shape index (κ3) is 6.84. The molecule has 1 amide bonds. The van der Waals surface area contributed by atoms with Crippen LogP contribution in [0.2, 0.25) is 0 Å². The number of ether oxygens (including phenoxy) is 1. The minimum Gasteiger partial charge on any atom is -0.379 e. The van der Waals surface area contributed by atoms with Gasteiger partial charge in [0.1, 0.15) is 0 Å². The van der Waals surface area contributed by atoms with Gasteiger partial charge < -0.3 is 20.3 Å². The number of rotatable bonds is 5. The zero-order chi connectivity index (χ0) is 18.2. The molecule has 2 unspecified atom stereocenters. The third-order valence-corrected chi connectivity index (χ3v) is 5.42. The van der Waals surface area contributed by atoms with E-state index < -0.39 is 0 Å². The Morgan fingerprint density at radius 3 is 2.58 bits per heavy atom. The molecule has 2 aliphatic rings. The van der Waals surface area contributed by atoms with Gasteiger partial charge in [0, 0.05) is 58.8 Å². The van der Waals surface area contributed by atoms with E-state index in [-0.39, 0.29) is 29.9 Å². The first-order valence-electron chi connectivity index (χ1n) is 9.54. The van der Waals surface area contributed by atoms with Gasteiger partial charge in [-0.15, -0.1) is 24.0 Å². The van der Waals surface area contributed by atoms with Gasteiger partial charge in [0.05, 0.1) is 13.2 Å². The van der Waals surface area contributed by atoms with Gasteiger partial charge in [-0.2, -0.15) is 0 Å². The summed E-state index contributed by atoms with van der Waals surface area (Å²) in [6.07, 6.45) is 2.73. The number of hydrogen-bond acceptors (Lipinski definition) is 4. The molecule has 0 aromatic rings. The van der Waals surface area contributed by atoms with E-state index in [1.165, 1.54) is 0 Å². The van der Waals surface area contributed by atoms with Crippen LogP contribution < -0.4 is 10.6 Å². The van der Waals surface area contributed by atoms with Crippen molar-refractivity contribution in [1.82, 2.24) is 20.4 Å². The Balaban J connectivity index is 0.00000338. The van der Waals surface area contributed by atoms with Crippen LogP contribution in [0.5, 0.6) is 0 Å². The Hall–Kier alpha value is -0.610. The second kappa shape index (κ2) is 12.0. The van der Waals surface area contributed by atoms with E-state index in [2.05, 4.69) is 39.3 Å². The molecule has 2 rings (SSSR count). The van der Waals surface area contributed by atoms with Crippen molar-refractivity contribution < 1.29 is 9.53 Å². The number of aliphatic imine (C=N–C) groups is 1. The number of carbonyl (C=O) groups excluding carboxylic acids is 1. The summed E-state index contributed by atoms with van der Waals surface area (Å²) in [6.45, 7) is 9.93. The van der Waals surface area contributed by atoms with Crippen molar-refractivity contribution in [2.24, 2.45) is 10.9 Å². The lowest BCUT2D eigenvalue weighted by Gasteiger charge is -2.39. The second-order valence-corrected chi connectivity index (χ2v) is 7.25. The van der Waals surface area contributed by atoms with E-state index in [0.717, 1.165) is 58.2 Å². The quantitative estimate of drug-likeness (QED) is 0.350. The van der Waals surface area contributed by atoms with E-state index in [0.29, 0.717) is 24.4 Å². The number of piperidine rings is 1. The number of likely N-dealkylation sites (tertiary alicyclic amines) is 1.